The van der Waals surface area contributed by atoms with Crippen molar-refractivity contribution in [1.29, 1.82) is 0 Å². The highest BCUT2D eigenvalue weighted by Crippen LogP contribution is 2.31. The van der Waals surface area contributed by atoms with Gasteiger partial charge in [-0.2, -0.15) is 13.2 Å². The summed E-state index contributed by atoms with van der Waals surface area (Å²) in [7, 11) is 1.46. The summed E-state index contributed by atoms with van der Waals surface area (Å²) < 4.78 is 44.9. The van der Waals surface area contributed by atoms with Crippen molar-refractivity contribution in [2.24, 2.45) is 0 Å². The normalized spacial score (nSPS) is 10.8. The number of alkyl halides is 3. The summed E-state index contributed by atoms with van der Waals surface area (Å²) in [6.45, 7) is 0. The third-order valence-corrected chi connectivity index (χ3v) is 4.29. The van der Waals surface area contributed by atoms with Crippen LogP contribution in [0, 0.1) is 0 Å². The first kappa shape index (κ1) is 23.3. The zero-order valence-corrected chi connectivity index (χ0v) is 17.1. The number of pyridine rings is 1. The molecule has 0 saturated heterocycles. The first-order valence-corrected chi connectivity index (χ1v) is 9.42. The van der Waals surface area contributed by atoms with Crippen LogP contribution in [0.15, 0.2) is 66.9 Å². The highest BCUT2D eigenvalue weighted by Gasteiger charge is 2.34. The predicted molar refractivity (Wildman–Crippen MR) is 111 cm³/mol. The van der Waals surface area contributed by atoms with Crippen molar-refractivity contribution >= 4 is 17.7 Å². The Morgan fingerprint density at radius 3 is 2.27 bits per heavy atom. The van der Waals surface area contributed by atoms with E-state index in [0.29, 0.717) is 5.75 Å². The number of halogens is 3. The molecule has 0 bridgehead atoms. The van der Waals surface area contributed by atoms with Gasteiger partial charge in [0, 0.05) is 24.9 Å². The summed E-state index contributed by atoms with van der Waals surface area (Å²) in [5, 5.41) is 2.44. The molecule has 0 saturated carbocycles. The van der Waals surface area contributed by atoms with E-state index in [2.05, 4.69) is 15.7 Å². The second-order valence-electron chi connectivity index (χ2n) is 6.54. The van der Waals surface area contributed by atoms with Crippen LogP contribution < -0.4 is 20.9 Å². The maximum absolute atomic E-state index is 13.1. The lowest BCUT2D eigenvalue weighted by molar-refractivity contribution is -0.137. The Kier molecular flexibility index (Phi) is 6.91. The number of nitrogens with zero attached hydrogens (tertiary/aromatic N) is 1. The fourth-order valence-corrected chi connectivity index (χ4v) is 2.75. The van der Waals surface area contributed by atoms with Crippen molar-refractivity contribution < 1.29 is 32.3 Å². The van der Waals surface area contributed by atoms with Crippen molar-refractivity contribution in [1.82, 2.24) is 21.2 Å². The van der Waals surface area contributed by atoms with E-state index in [4.69, 9.17) is 4.74 Å². The second kappa shape index (κ2) is 9.81. The van der Waals surface area contributed by atoms with E-state index >= 15 is 0 Å². The summed E-state index contributed by atoms with van der Waals surface area (Å²) in [5.74, 6) is -1.78. The fraction of sp³-hybridized carbons (Fsp3) is 0.0909. The number of hydrogen-bond acceptors (Lipinski definition) is 5. The van der Waals surface area contributed by atoms with Crippen LogP contribution in [-0.4, -0.2) is 29.8 Å². The minimum absolute atomic E-state index is 0.0671. The van der Waals surface area contributed by atoms with Gasteiger partial charge in [0.2, 0.25) is 0 Å². The number of carbonyl (C=O) groups excluding carboxylic acids is 3. The number of hydrogen-bond donors (Lipinski definition) is 3. The van der Waals surface area contributed by atoms with Gasteiger partial charge in [-0.3, -0.25) is 30.2 Å². The van der Waals surface area contributed by atoms with Crippen molar-refractivity contribution in [3.63, 3.8) is 0 Å². The largest absolute Gasteiger partial charge is 0.457 e. The van der Waals surface area contributed by atoms with Crippen LogP contribution in [0.25, 0.3) is 0 Å². The number of benzene rings is 2. The average molecular weight is 458 g/mol. The minimum atomic E-state index is -4.73. The molecule has 3 N–H and O–H groups in total. The van der Waals surface area contributed by atoms with Crippen LogP contribution in [0.4, 0.5) is 13.2 Å². The lowest BCUT2D eigenvalue weighted by atomic mass is 10.1. The molecular weight excluding hydrogens is 441 g/mol. The Morgan fingerprint density at radius 2 is 1.55 bits per heavy atom. The summed E-state index contributed by atoms with van der Waals surface area (Å²) in [6.07, 6.45) is -3.35. The Hall–Kier alpha value is -4.41. The molecule has 3 aromatic rings. The van der Waals surface area contributed by atoms with Gasteiger partial charge < -0.3 is 10.1 Å². The van der Waals surface area contributed by atoms with E-state index in [9.17, 15) is 27.6 Å². The van der Waals surface area contributed by atoms with E-state index < -0.39 is 35.0 Å². The number of amides is 3. The van der Waals surface area contributed by atoms with E-state index in [0.717, 1.165) is 18.2 Å². The number of ether oxygens (including phenoxy) is 1. The quantitative estimate of drug-likeness (QED) is 0.508. The molecule has 0 unspecified atom stereocenters. The van der Waals surface area contributed by atoms with Gasteiger partial charge in [0.15, 0.2) is 0 Å². The molecule has 0 aliphatic carbocycles. The first-order valence-electron chi connectivity index (χ1n) is 9.42. The summed E-state index contributed by atoms with van der Waals surface area (Å²) in [6, 6.07) is 13.0. The molecule has 33 heavy (non-hydrogen) atoms. The number of rotatable bonds is 5. The molecule has 0 fully saturated rings. The highest BCUT2D eigenvalue weighted by atomic mass is 19.4. The highest BCUT2D eigenvalue weighted by molar-refractivity contribution is 6.00. The molecule has 2 aromatic carbocycles. The van der Waals surface area contributed by atoms with Gasteiger partial charge in [-0.15, -0.1) is 0 Å². The predicted octanol–water partition coefficient (Wildman–Crippen LogP) is 3.33. The van der Waals surface area contributed by atoms with Gasteiger partial charge in [0.25, 0.3) is 17.7 Å². The van der Waals surface area contributed by atoms with E-state index in [1.54, 1.807) is 6.07 Å². The third-order valence-electron chi connectivity index (χ3n) is 4.29. The number of carbonyl (C=O) groups is 3. The topological polar surface area (TPSA) is 109 Å². The molecule has 0 aliphatic heterocycles. The third kappa shape index (κ3) is 5.85. The van der Waals surface area contributed by atoms with Crippen molar-refractivity contribution in [3.8, 4) is 11.5 Å². The summed E-state index contributed by atoms with van der Waals surface area (Å²) >= 11 is 0. The lowest BCUT2D eigenvalue weighted by Gasteiger charge is -2.13. The van der Waals surface area contributed by atoms with Crippen LogP contribution in [0.3, 0.4) is 0 Å². The van der Waals surface area contributed by atoms with Crippen LogP contribution in [-0.2, 0) is 6.18 Å². The van der Waals surface area contributed by atoms with Gasteiger partial charge in [0.1, 0.15) is 17.2 Å². The molecule has 170 valence electrons. The molecule has 1 aromatic heterocycles. The summed E-state index contributed by atoms with van der Waals surface area (Å²) in [5.41, 5.74) is 2.49. The van der Waals surface area contributed by atoms with Gasteiger partial charge in [0.05, 0.1) is 11.1 Å². The van der Waals surface area contributed by atoms with Gasteiger partial charge in [-0.1, -0.05) is 18.2 Å². The van der Waals surface area contributed by atoms with Crippen LogP contribution in [0.1, 0.15) is 36.8 Å². The lowest BCUT2D eigenvalue weighted by Crippen LogP contribution is -2.42. The number of aromatic nitrogens is 1. The van der Waals surface area contributed by atoms with Gasteiger partial charge in [-0.05, 0) is 36.4 Å². The second-order valence-corrected chi connectivity index (χ2v) is 6.54. The van der Waals surface area contributed by atoms with Crippen LogP contribution >= 0.6 is 0 Å². The molecule has 0 aliphatic rings. The molecule has 1 heterocycles. The number of hydrazine groups is 1. The zero-order chi connectivity index (χ0) is 24.0. The molecule has 11 heteroatoms. The van der Waals surface area contributed by atoms with Gasteiger partial charge in [-0.25, -0.2) is 0 Å². The number of nitrogens with one attached hydrogen (secondary N) is 3. The maximum atomic E-state index is 13.1. The van der Waals surface area contributed by atoms with Gasteiger partial charge >= 0.3 is 6.18 Å². The summed E-state index contributed by atoms with van der Waals surface area (Å²) in [4.78, 5) is 40.2. The van der Waals surface area contributed by atoms with Crippen molar-refractivity contribution in [2.45, 2.75) is 6.18 Å². The van der Waals surface area contributed by atoms with Crippen LogP contribution in [0.2, 0.25) is 0 Å². The Bertz CT molecular complexity index is 1200. The van der Waals surface area contributed by atoms with E-state index in [1.807, 2.05) is 5.43 Å². The molecule has 3 rings (SSSR count). The SMILES string of the molecule is CNC(=O)c1cc(Oc2cccc(C(=O)NNC(=O)c3ccccc3C(F)(F)F)c2)ccn1. The van der Waals surface area contributed by atoms with E-state index in [1.165, 1.54) is 49.6 Å². The van der Waals surface area contributed by atoms with Crippen molar-refractivity contribution in [2.75, 3.05) is 7.05 Å². The first-order chi connectivity index (χ1) is 15.7. The Morgan fingerprint density at radius 1 is 0.848 bits per heavy atom. The molecule has 8 nitrogen and oxygen atoms in total. The molecule has 3 amide bonds. The minimum Gasteiger partial charge on any atom is -0.457 e. The Balaban J connectivity index is 1.68. The fourth-order valence-electron chi connectivity index (χ4n) is 2.75. The maximum Gasteiger partial charge on any atom is 0.417 e. The van der Waals surface area contributed by atoms with Crippen LogP contribution in [0.5, 0.6) is 11.5 Å². The smallest absolute Gasteiger partial charge is 0.417 e. The molecule has 0 atom stereocenters. The van der Waals surface area contributed by atoms with E-state index in [-0.39, 0.29) is 17.0 Å². The Labute approximate surface area is 185 Å². The molecular formula is C22H17F3N4O4. The monoisotopic (exact) mass is 458 g/mol. The molecule has 0 spiro atoms. The average Bonchev–Trinajstić information content (AvgIpc) is 2.81. The zero-order valence-electron chi connectivity index (χ0n) is 17.1. The standard InChI is InChI=1S/C22H17F3N4O4/c1-26-21(32)18-12-15(9-10-27-18)33-14-6-4-5-13(11-14)19(30)28-29-20(31)16-7-2-3-8-17(16)22(23,24)25/h2-12H,1H3,(H,26,32)(H,28,30)(H,29,31). The molecule has 0 radical (unpaired) electrons. The van der Waals surface area contributed by atoms with Crippen molar-refractivity contribution in [3.05, 3.63) is 89.2 Å².